The van der Waals surface area contributed by atoms with Crippen LogP contribution in [0.5, 0.6) is 0 Å². The third-order valence-corrected chi connectivity index (χ3v) is 5.20. The average Bonchev–Trinajstić information content (AvgIpc) is 2.20. The number of nitrogens with one attached hydrogen (secondary N) is 1. The molecule has 0 spiro atoms. The molecule has 1 fully saturated rings. The molecule has 1 rings (SSSR count). The molecule has 0 aliphatic heterocycles. The summed E-state index contributed by atoms with van der Waals surface area (Å²) in [6, 6.07) is 0.714. The van der Waals surface area contributed by atoms with Gasteiger partial charge in [-0.25, -0.2) is 0 Å². The third kappa shape index (κ3) is 4.27. The summed E-state index contributed by atoms with van der Waals surface area (Å²) < 4.78 is 0. The van der Waals surface area contributed by atoms with Gasteiger partial charge >= 0.3 is 0 Å². The summed E-state index contributed by atoms with van der Waals surface area (Å²) in [5.41, 5.74) is 0. The summed E-state index contributed by atoms with van der Waals surface area (Å²) in [4.78, 5) is 2.28. The van der Waals surface area contributed by atoms with E-state index in [1.165, 1.54) is 25.1 Å². The van der Waals surface area contributed by atoms with Crippen molar-refractivity contribution in [1.82, 2.24) is 10.2 Å². The van der Waals surface area contributed by atoms with E-state index in [1.54, 1.807) is 0 Å². The molecule has 2 nitrogen and oxygen atoms in total. The second kappa shape index (κ2) is 6.87. The quantitative estimate of drug-likeness (QED) is 0.799. The first-order valence-electron chi connectivity index (χ1n) is 6.48. The lowest BCUT2D eigenvalue weighted by atomic mass is 9.80. The van der Waals surface area contributed by atoms with E-state index < -0.39 is 0 Å². The highest BCUT2D eigenvalue weighted by atomic mass is 32.2. The van der Waals surface area contributed by atoms with Crippen molar-refractivity contribution in [3.05, 3.63) is 0 Å². The first-order chi connectivity index (χ1) is 7.54. The molecular weight excluding hydrogens is 216 g/mol. The second-order valence-corrected chi connectivity index (χ2v) is 6.87. The van der Waals surface area contributed by atoms with Gasteiger partial charge in [0.25, 0.3) is 0 Å². The first-order valence-corrected chi connectivity index (χ1v) is 7.53. The Kier molecular flexibility index (Phi) is 6.16. The zero-order chi connectivity index (χ0) is 12.1. The highest BCUT2D eigenvalue weighted by Crippen LogP contribution is 2.36. The van der Waals surface area contributed by atoms with Crippen LogP contribution in [0.15, 0.2) is 0 Å². The molecule has 4 atom stereocenters. The summed E-state index contributed by atoms with van der Waals surface area (Å²) >= 11 is 2.16. The van der Waals surface area contributed by atoms with Crippen molar-refractivity contribution in [1.29, 1.82) is 0 Å². The van der Waals surface area contributed by atoms with E-state index in [2.05, 4.69) is 57.0 Å². The van der Waals surface area contributed by atoms with E-state index in [1.807, 2.05) is 0 Å². The number of rotatable bonds is 5. The first kappa shape index (κ1) is 14.3. The Morgan fingerprint density at radius 3 is 2.50 bits per heavy atom. The molecule has 0 amide bonds. The van der Waals surface area contributed by atoms with E-state index >= 15 is 0 Å². The predicted octanol–water partition coefficient (Wildman–Crippen LogP) is 2.30. The van der Waals surface area contributed by atoms with Crippen molar-refractivity contribution >= 4 is 11.8 Å². The number of hydrogen-bond acceptors (Lipinski definition) is 3. The lowest BCUT2D eigenvalue weighted by Crippen LogP contribution is -2.45. The van der Waals surface area contributed by atoms with Crippen molar-refractivity contribution in [2.24, 2.45) is 11.8 Å². The summed E-state index contributed by atoms with van der Waals surface area (Å²) in [6.07, 6.45) is 2.75. The lowest BCUT2D eigenvalue weighted by molar-refractivity contribution is 0.257. The van der Waals surface area contributed by atoms with Gasteiger partial charge in [-0.3, -0.25) is 0 Å². The summed E-state index contributed by atoms with van der Waals surface area (Å²) in [7, 11) is 6.43. The van der Waals surface area contributed by atoms with Crippen LogP contribution < -0.4 is 5.32 Å². The molecular formula is C13H28N2S. The third-order valence-electron chi connectivity index (χ3n) is 3.61. The molecule has 0 aromatic heterocycles. The van der Waals surface area contributed by atoms with E-state index in [9.17, 15) is 0 Å². The van der Waals surface area contributed by atoms with E-state index in [0.717, 1.165) is 17.1 Å². The molecule has 1 saturated carbocycles. The molecule has 0 aromatic carbocycles. The largest absolute Gasteiger partial charge is 0.316 e. The topological polar surface area (TPSA) is 15.3 Å². The maximum Gasteiger partial charge on any atom is 0.0227 e. The summed E-state index contributed by atoms with van der Waals surface area (Å²) in [5.74, 6) is 3.00. The highest BCUT2D eigenvalue weighted by molar-refractivity contribution is 8.00. The van der Waals surface area contributed by atoms with Gasteiger partial charge in [-0.2, -0.15) is 11.8 Å². The van der Waals surface area contributed by atoms with Crippen molar-refractivity contribution in [3.63, 3.8) is 0 Å². The molecule has 1 aliphatic rings. The Morgan fingerprint density at radius 1 is 1.25 bits per heavy atom. The molecule has 0 heterocycles. The van der Waals surface area contributed by atoms with Crippen LogP contribution in [-0.4, -0.2) is 49.6 Å². The van der Waals surface area contributed by atoms with Gasteiger partial charge < -0.3 is 10.2 Å². The fraction of sp³-hybridized carbons (Fsp3) is 1.00. The van der Waals surface area contributed by atoms with Gasteiger partial charge in [0.05, 0.1) is 0 Å². The van der Waals surface area contributed by atoms with Crippen molar-refractivity contribution < 1.29 is 0 Å². The summed E-state index contributed by atoms with van der Waals surface area (Å²) in [6.45, 7) is 6.01. The average molecular weight is 244 g/mol. The molecule has 1 N–H and O–H groups in total. The fourth-order valence-electron chi connectivity index (χ4n) is 2.76. The monoisotopic (exact) mass is 244 g/mol. The molecule has 0 bridgehead atoms. The minimum atomic E-state index is 0.714. The molecule has 0 radical (unpaired) electrons. The van der Waals surface area contributed by atoms with Crippen molar-refractivity contribution in [3.8, 4) is 0 Å². The molecule has 96 valence electrons. The van der Waals surface area contributed by atoms with Gasteiger partial charge in [0.2, 0.25) is 0 Å². The van der Waals surface area contributed by atoms with Gasteiger partial charge in [-0.05, 0) is 45.8 Å². The molecule has 16 heavy (non-hydrogen) atoms. The van der Waals surface area contributed by atoms with Gasteiger partial charge in [-0.15, -0.1) is 0 Å². The van der Waals surface area contributed by atoms with Gasteiger partial charge in [0.15, 0.2) is 0 Å². The minimum Gasteiger partial charge on any atom is -0.316 e. The van der Waals surface area contributed by atoms with Gasteiger partial charge in [0, 0.05) is 23.6 Å². The minimum absolute atomic E-state index is 0.714. The van der Waals surface area contributed by atoms with Crippen LogP contribution in [0, 0.1) is 11.8 Å². The SMILES string of the molecule is CNC1CC(C)CC(C)C1SCCN(C)C. The van der Waals surface area contributed by atoms with Crippen LogP contribution in [0.2, 0.25) is 0 Å². The molecule has 0 saturated heterocycles. The molecule has 4 unspecified atom stereocenters. The number of nitrogens with zero attached hydrogens (tertiary/aromatic N) is 1. The standard InChI is InChI=1S/C13H28N2S/c1-10-8-11(2)13(12(9-10)14-3)16-7-6-15(4)5/h10-14H,6-9H2,1-5H3. The van der Waals surface area contributed by atoms with E-state index in [0.29, 0.717) is 6.04 Å². The van der Waals surface area contributed by atoms with E-state index in [4.69, 9.17) is 0 Å². The van der Waals surface area contributed by atoms with E-state index in [-0.39, 0.29) is 0 Å². The Bertz CT molecular complexity index is 196. The fourth-order valence-corrected chi connectivity index (χ4v) is 4.42. The Labute approximate surface area is 106 Å². The maximum atomic E-state index is 3.52. The smallest absolute Gasteiger partial charge is 0.0227 e. The van der Waals surface area contributed by atoms with Gasteiger partial charge in [-0.1, -0.05) is 13.8 Å². The van der Waals surface area contributed by atoms with Crippen LogP contribution in [0.25, 0.3) is 0 Å². The Hall–Kier alpha value is 0.270. The number of hydrogen-bond donors (Lipinski definition) is 1. The second-order valence-electron chi connectivity index (χ2n) is 5.59. The molecule has 1 aliphatic carbocycles. The van der Waals surface area contributed by atoms with Crippen LogP contribution in [-0.2, 0) is 0 Å². The zero-order valence-electron chi connectivity index (χ0n) is 11.5. The van der Waals surface area contributed by atoms with Crippen LogP contribution in [0.1, 0.15) is 26.7 Å². The predicted molar refractivity (Wildman–Crippen MR) is 75.2 cm³/mol. The number of thioether (sulfide) groups is 1. The molecule has 0 aromatic rings. The zero-order valence-corrected chi connectivity index (χ0v) is 12.3. The van der Waals surface area contributed by atoms with Crippen molar-refractivity contribution in [2.45, 2.75) is 38.0 Å². The van der Waals surface area contributed by atoms with Crippen molar-refractivity contribution in [2.75, 3.05) is 33.4 Å². The Balaban J connectivity index is 2.41. The van der Waals surface area contributed by atoms with Crippen LogP contribution >= 0.6 is 11.8 Å². The highest BCUT2D eigenvalue weighted by Gasteiger charge is 2.33. The Morgan fingerprint density at radius 2 is 1.94 bits per heavy atom. The summed E-state index contributed by atoms with van der Waals surface area (Å²) in [5, 5.41) is 4.33. The lowest BCUT2D eigenvalue weighted by Gasteiger charge is -2.39. The van der Waals surface area contributed by atoms with Gasteiger partial charge in [0.1, 0.15) is 0 Å². The molecule has 3 heteroatoms. The normalized spacial score (nSPS) is 35.6. The maximum absolute atomic E-state index is 3.52. The van der Waals surface area contributed by atoms with Crippen LogP contribution in [0.4, 0.5) is 0 Å². The van der Waals surface area contributed by atoms with Crippen LogP contribution in [0.3, 0.4) is 0 Å².